The number of nitrogens with one attached hydrogen (secondary N) is 2. The fraction of sp³-hybridized carbons (Fsp3) is 0.250. The second-order valence-corrected chi connectivity index (χ2v) is 3.66. The van der Waals surface area contributed by atoms with Crippen LogP contribution < -0.4 is 5.32 Å². The van der Waals surface area contributed by atoms with Crippen LogP contribution in [0.15, 0.2) is 24.5 Å². The number of hydrogen-bond donors (Lipinski definition) is 2. The van der Waals surface area contributed by atoms with Gasteiger partial charge in [-0.15, -0.1) is 0 Å². The fourth-order valence-corrected chi connectivity index (χ4v) is 1.56. The molecule has 0 bridgehead atoms. The van der Waals surface area contributed by atoms with Gasteiger partial charge in [0.2, 0.25) is 5.91 Å². The molecule has 0 atom stereocenters. The molecule has 6 heteroatoms. The highest BCUT2D eigenvalue weighted by Gasteiger charge is 2.10. The van der Waals surface area contributed by atoms with Crippen LogP contribution in [0.5, 0.6) is 0 Å². The van der Waals surface area contributed by atoms with Gasteiger partial charge in [0.05, 0.1) is 24.0 Å². The quantitative estimate of drug-likeness (QED) is 0.632. The molecule has 0 spiro atoms. The molecule has 1 amide bonds. The summed E-state index contributed by atoms with van der Waals surface area (Å²) in [6.45, 7) is 1.97. The van der Waals surface area contributed by atoms with Gasteiger partial charge in [0, 0.05) is 5.69 Å². The van der Waals surface area contributed by atoms with E-state index in [1.54, 1.807) is 31.5 Å². The average Bonchev–Trinajstić information content (AvgIpc) is 2.76. The van der Waals surface area contributed by atoms with Gasteiger partial charge in [0.25, 0.3) is 0 Å². The van der Waals surface area contributed by atoms with Crippen LogP contribution in [-0.4, -0.2) is 28.5 Å². The first-order chi connectivity index (χ1) is 8.69. The summed E-state index contributed by atoms with van der Waals surface area (Å²) in [5.74, 6) is -0.926. The number of carbonyl (C=O) groups excluding carboxylic acids is 2. The Morgan fingerprint density at radius 3 is 3.06 bits per heavy atom. The van der Waals surface area contributed by atoms with Crippen LogP contribution in [0.4, 0.5) is 5.69 Å². The summed E-state index contributed by atoms with van der Waals surface area (Å²) in [6, 6.07) is 5.27. The number of nitrogens with zero attached hydrogens (tertiary/aromatic N) is 1. The summed E-state index contributed by atoms with van der Waals surface area (Å²) in [5, 5.41) is 2.63. The first-order valence-corrected chi connectivity index (χ1v) is 5.57. The van der Waals surface area contributed by atoms with Crippen molar-refractivity contribution in [2.45, 2.75) is 13.3 Å². The molecule has 0 saturated carbocycles. The smallest absolute Gasteiger partial charge is 0.315 e. The number of rotatable bonds is 4. The second kappa shape index (κ2) is 5.31. The van der Waals surface area contributed by atoms with Gasteiger partial charge in [-0.3, -0.25) is 9.59 Å². The third-order valence-electron chi connectivity index (χ3n) is 2.31. The van der Waals surface area contributed by atoms with Crippen LogP contribution in [0.2, 0.25) is 0 Å². The minimum absolute atomic E-state index is 0.270. The highest BCUT2D eigenvalue weighted by Crippen LogP contribution is 2.15. The van der Waals surface area contributed by atoms with Gasteiger partial charge in [-0.05, 0) is 25.1 Å². The topological polar surface area (TPSA) is 84.1 Å². The SMILES string of the molecule is CCOC(=O)CC(=O)Nc1ccc2nc[nH]c2c1. The fourth-order valence-electron chi connectivity index (χ4n) is 1.56. The van der Waals surface area contributed by atoms with Gasteiger partial charge in [-0.25, -0.2) is 4.98 Å². The van der Waals surface area contributed by atoms with Crippen molar-refractivity contribution >= 4 is 28.6 Å². The van der Waals surface area contributed by atoms with Crippen LogP contribution in [0, 0.1) is 0 Å². The maximum Gasteiger partial charge on any atom is 0.315 e. The van der Waals surface area contributed by atoms with E-state index >= 15 is 0 Å². The standard InChI is InChI=1S/C12H13N3O3/c1-2-18-12(17)6-11(16)15-8-3-4-9-10(5-8)14-7-13-9/h3-5,7H,2,6H2,1H3,(H,13,14)(H,15,16). The normalized spacial score (nSPS) is 10.3. The summed E-state index contributed by atoms with van der Waals surface area (Å²) in [5.41, 5.74) is 2.25. The Morgan fingerprint density at radius 2 is 2.28 bits per heavy atom. The summed E-state index contributed by atoms with van der Waals surface area (Å²) in [4.78, 5) is 29.7. The van der Waals surface area contributed by atoms with Crippen molar-refractivity contribution < 1.29 is 14.3 Å². The van der Waals surface area contributed by atoms with Gasteiger partial charge in [-0.2, -0.15) is 0 Å². The molecular formula is C12H13N3O3. The molecule has 1 aromatic carbocycles. The molecule has 2 N–H and O–H groups in total. The highest BCUT2D eigenvalue weighted by atomic mass is 16.5. The number of aromatic amines is 1. The van der Waals surface area contributed by atoms with Crippen LogP contribution in [0.3, 0.4) is 0 Å². The minimum atomic E-state index is -0.530. The molecule has 0 fully saturated rings. The van der Waals surface area contributed by atoms with Crippen molar-refractivity contribution in [3.8, 4) is 0 Å². The van der Waals surface area contributed by atoms with Gasteiger partial charge in [-0.1, -0.05) is 0 Å². The molecule has 1 heterocycles. The molecule has 0 radical (unpaired) electrons. The lowest BCUT2D eigenvalue weighted by atomic mass is 10.2. The number of fused-ring (bicyclic) bond motifs is 1. The molecule has 0 aliphatic carbocycles. The first kappa shape index (κ1) is 12.1. The van der Waals surface area contributed by atoms with Crippen molar-refractivity contribution in [3.63, 3.8) is 0 Å². The van der Waals surface area contributed by atoms with E-state index in [2.05, 4.69) is 15.3 Å². The Bertz CT molecular complexity index is 577. The van der Waals surface area contributed by atoms with E-state index in [0.717, 1.165) is 11.0 Å². The molecule has 2 aromatic rings. The van der Waals surface area contributed by atoms with E-state index in [0.29, 0.717) is 5.69 Å². The number of amides is 1. The predicted molar refractivity (Wildman–Crippen MR) is 66.0 cm³/mol. The number of anilines is 1. The Labute approximate surface area is 103 Å². The Balaban J connectivity index is 2.00. The average molecular weight is 247 g/mol. The van der Waals surface area contributed by atoms with E-state index in [4.69, 9.17) is 4.74 Å². The first-order valence-electron chi connectivity index (χ1n) is 5.57. The zero-order valence-corrected chi connectivity index (χ0v) is 9.90. The van der Waals surface area contributed by atoms with E-state index < -0.39 is 11.9 Å². The van der Waals surface area contributed by atoms with E-state index in [1.807, 2.05) is 0 Å². The zero-order valence-electron chi connectivity index (χ0n) is 9.90. The van der Waals surface area contributed by atoms with Crippen molar-refractivity contribution in [1.29, 1.82) is 0 Å². The lowest BCUT2D eigenvalue weighted by molar-refractivity contribution is -0.145. The molecule has 0 aliphatic heterocycles. The Hall–Kier alpha value is -2.37. The van der Waals surface area contributed by atoms with Crippen LogP contribution in [0.25, 0.3) is 11.0 Å². The highest BCUT2D eigenvalue weighted by molar-refractivity contribution is 6.02. The molecule has 6 nitrogen and oxygen atoms in total. The third kappa shape index (κ3) is 2.85. The van der Waals surface area contributed by atoms with Crippen molar-refractivity contribution in [1.82, 2.24) is 9.97 Å². The van der Waals surface area contributed by atoms with Crippen LogP contribution in [0.1, 0.15) is 13.3 Å². The maximum atomic E-state index is 11.5. The van der Waals surface area contributed by atoms with Gasteiger partial charge < -0.3 is 15.0 Å². The molecule has 1 aromatic heterocycles. The maximum absolute atomic E-state index is 11.5. The van der Waals surface area contributed by atoms with E-state index in [-0.39, 0.29) is 13.0 Å². The number of carbonyl (C=O) groups is 2. The number of H-pyrrole nitrogens is 1. The molecule has 0 saturated heterocycles. The largest absolute Gasteiger partial charge is 0.466 e. The van der Waals surface area contributed by atoms with Gasteiger partial charge >= 0.3 is 5.97 Å². The summed E-state index contributed by atoms with van der Waals surface area (Å²) < 4.78 is 4.69. The predicted octanol–water partition coefficient (Wildman–Crippen LogP) is 1.45. The second-order valence-electron chi connectivity index (χ2n) is 3.66. The number of ether oxygens (including phenoxy) is 1. The van der Waals surface area contributed by atoms with Crippen molar-refractivity contribution in [2.75, 3.05) is 11.9 Å². The molecule has 2 rings (SSSR count). The number of hydrogen-bond acceptors (Lipinski definition) is 4. The number of aromatic nitrogens is 2. The number of benzene rings is 1. The number of imidazole rings is 1. The van der Waals surface area contributed by atoms with Crippen LogP contribution >= 0.6 is 0 Å². The van der Waals surface area contributed by atoms with Crippen molar-refractivity contribution in [3.05, 3.63) is 24.5 Å². The number of esters is 1. The summed E-state index contributed by atoms with van der Waals surface area (Å²) in [6.07, 6.45) is 1.30. The van der Waals surface area contributed by atoms with E-state index in [1.165, 1.54) is 0 Å². The van der Waals surface area contributed by atoms with Gasteiger partial charge in [0.15, 0.2) is 0 Å². The van der Waals surface area contributed by atoms with Gasteiger partial charge in [0.1, 0.15) is 6.42 Å². The lowest BCUT2D eigenvalue weighted by Gasteiger charge is -2.04. The van der Waals surface area contributed by atoms with E-state index in [9.17, 15) is 9.59 Å². The molecule has 94 valence electrons. The summed E-state index contributed by atoms with van der Waals surface area (Å²) >= 11 is 0. The summed E-state index contributed by atoms with van der Waals surface area (Å²) in [7, 11) is 0. The lowest BCUT2D eigenvalue weighted by Crippen LogP contribution is -2.18. The minimum Gasteiger partial charge on any atom is -0.466 e. The Kier molecular flexibility index (Phi) is 3.57. The van der Waals surface area contributed by atoms with Crippen molar-refractivity contribution in [2.24, 2.45) is 0 Å². The molecule has 0 unspecified atom stereocenters. The van der Waals surface area contributed by atoms with Crippen LogP contribution in [-0.2, 0) is 14.3 Å². The molecule has 0 aliphatic rings. The Morgan fingerprint density at radius 1 is 1.44 bits per heavy atom. The monoisotopic (exact) mass is 247 g/mol. The third-order valence-corrected chi connectivity index (χ3v) is 2.31. The zero-order chi connectivity index (χ0) is 13.0. The molecule has 18 heavy (non-hydrogen) atoms. The molecular weight excluding hydrogens is 234 g/mol.